The first-order valence-corrected chi connectivity index (χ1v) is 11.1. The number of hydrogen-bond acceptors (Lipinski definition) is 6. The highest BCUT2D eigenvalue weighted by Crippen LogP contribution is 2.36. The molecule has 1 aliphatic heterocycles. The van der Waals surface area contributed by atoms with Gasteiger partial charge in [-0.1, -0.05) is 12.1 Å². The van der Waals surface area contributed by atoms with Crippen LogP contribution in [0.4, 0.5) is 0 Å². The van der Waals surface area contributed by atoms with Crippen molar-refractivity contribution in [1.82, 2.24) is 10.2 Å². The predicted octanol–water partition coefficient (Wildman–Crippen LogP) is 4.03. The summed E-state index contributed by atoms with van der Waals surface area (Å²) in [6.45, 7) is 7.53. The van der Waals surface area contributed by atoms with Gasteiger partial charge in [0.2, 0.25) is 0 Å². The third-order valence-corrected chi connectivity index (χ3v) is 5.82. The Morgan fingerprint density at radius 1 is 1.10 bits per heavy atom. The van der Waals surface area contributed by atoms with Crippen molar-refractivity contribution in [2.24, 2.45) is 0 Å². The van der Waals surface area contributed by atoms with E-state index in [-0.39, 0.29) is 6.04 Å². The van der Waals surface area contributed by atoms with Crippen molar-refractivity contribution in [3.8, 4) is 17.2 Å². The number of rotatable bonds is 10. The Balaban J connectivity index is 1.70. The van der Waals surface area contributed by atoms with Crippen molar-refractivity contribution in [3.63, 3.8) is 0 Å². The second-order valence-corrected chi connectivity index (χ2v) is 7.96. The molecule has 0 aliphatic carbocycles. The molecule has 0 amide bonds. The Hall–Kier alpha value is -1.80. The number of hydrogen-bond donors (Lipinski definition) is 1. The number of methoxy groups -OCH3 is 2. The summed E-state index contributed by atoms with van der Waals surface area (Å²) in [5.74, 6) is 2.36. The molecule has 0 saturated carbocycles. The lowest BCUT2D eigenvalue weighted by atomic mass is 10.0. The number of nitrogens with one attached hydrogen (secondary N) is 1. The van der Waals surface area contributed by atoms with Crippen LogP contribution in [-0.2, 0) is 11.3 Å². The quantitative estimate of drug-likeness (QED) is 0.556. The average molecular weight is 479 g/mol. The zero-order chi connectivity index (χ0) is 21.3. The molecule has 6 nitrogen and oxygen atoms in total. The van der Waals surface area contributed by atoms with E-state index in [9.17, 15) is 0 Å². The van der Waals surface area contributed by atoms with Crippen LogP contribution in [0.25, 0.3) is 0 Å². The molecule has 1 atom stereocenters. The molecule has 1 aliphatic rings. The lowest BCUT2D eigenvalue weighted by molar-refractivity contribution is 0.0161. The summed E-state index contributed by atoms with van der Waals surface area (Å²) in [6, 6.07) is 12.7. The second kappa shape index (κ2) is 11.6. The zero-order valence-electron chi connectivity index (χ0n) is 17.9. The van der Waals surface area contributed by atoms with Gasteiger partial charge in [-0.15, -0.1) is 0 Å². The second-order valence-electron chi connectivity index (χ2n) is 7.11. The molecule has 3 rings (SSSR count). The molecule has 0 radical (unpaired) electrons. The van der Waals surface area contributed by atoms with Crippen molar-refractivity contribution < 1.29 is 18.9 Å². The number of benzene rings is 2. The van der Waals surface area contributed by atoms with E-state index in [1.54, 1.807) is 14.2 Å². The van der Waals surface area contributed by atoms with Crippen molar-refractivity contribution in [2.45, 2.75) is 19.5 Å². The standard InChI is InChI=1S/C23H31BrN2O4/c1-4-30-23-20(24)13-17(14-22(23)28-3)15-25-16-21(26-9-11-29-12-10-26)18-5-7-19(27-2)8-6-18/h5-8,13-14,21,25H,4,9-12,15-16H2,1-3H3. The van der Waals surface area contributed by atoms with Crippen LogP contribution in [0.15, 0.2) is 40.9 Å². The highest BCUT2D eigenvalue weighted by atomic mass is 79.9. The lowest BCUT2D eigenvalue weighted by Crippen LogP contribution is -2.42. The van der Waals surface area contributed by atoms with Gasteiger partial charge < -0.3 is 24.3 Å². The molecule has 0 spiro atoms. The van der Waals surface area contributed by atoms with Gasteiger partial charge in [0.25, 0.3) is 0 Å². The van der Waals surface area contributed by atoms with E-state index in [0.29, 0.717) is 6.61 Å². The summed E-state index contributed by atoms with van der Waals surface area (Å²) in [5.41, 5.74) is 2.41. The maximum Gasteiger partial charge on any atom is 0.175 e. The number of morpholine rings is 1. The molecule has 1 fully saturated rings. The molecule has 2 aromatic carbocycles. The fourth-order valence-corrected chi connectivity index (χ4v) is 4.29. The summed E-state index contributed by atoms with van der Waals surface area (Å²) >= 11 is 3.61. The van der Waals surface area contributed by atoms with Gasteiger partial charge in [-0.05, 0) is 58.2 Å². The maximum atomic E-state index is 5.69. The monoisotopic (exact) mass is 478 g/mol. The minimum atomic E-state index is 0.271. The van der Waals surface area contributed by atoms with E-state index in [1.165, 1.54) is 5.56 Å². The zero-order valence-corrected chi connectivity index (χ0v) is 19.5. The van der Waals surface area contributed by atoms with Gasteiger partial charge in [-0.2, -0.15) is 0 Å². The van der Waals surface area contributed by atoms with Crippen molar-refractivity contribution in [1.29, 1.82) is 0 Å². The molecular weight excluding hydrogens is 448 g/mol. The fraction of sp³-hybridized carbons (Fsp3) is 0.478. The minimum absolute atomic E-state index is 0.271. The Labute approximate surface area is 187 Å². The molecule has 1 saturated heterocycles. The summed E-state index contributed by atoms with van der Waals surface area (Å²) in [7, 11) is 3.36. The van der Waals surface area contributed by atoms with Crippen LogP contribution in [0.1, 0.15) is 24.1 Å². The summed E-state index contributed by atoms with van der Waals surface area (Å²) < 4.78 is 23.0. The van der Waals surface area contributed by atoms with E-state index in [1.807, 2.05) is 25.1 Å². The summed E-state index contributed by atoms with van der Waals surface area (Å²) in [4.78, 5) is 2.48. The minimum Gasteiger partial charge on any atom is -0.497 e. The van der Waals surface area contributed by atoms with Crippen LogP contribution in [0.2, 0.25) is 0 Å². The van der Waals surface area contributed by atoms with E-state index in [4.69, 9.17) is 18.9 Å². The third-order valence-electron chi connectivity index (χ3n) is 5.23. The van der Waals surface area contributed by atoms with Crippen LogP contribution >= 0.6 is 15.9 Å². The molecule has 0 bridgehead atoms. The van der Waals surface area contributed by atoms with Gasteiger partial charge in [0.1, 0.15) is 5.75 Å². The van der Waals surface area contributed by atoms with Gasteiger partial charge in [0.15, 0.2) is 11.5 Å². The van der Waals surface area contributed by atoms with Crippen LogP contribution < -0.4 is 19.5 Å². The van der Waals surface area contributed by atoms with E-state index >= 15 is 0 Å². The smallest absolute Gasteiger partial charge is 0.175 e. The van der Waals surface area contributed by atoms with Gasteiger partial charge in [0, 0.05) is 32.2 Å². The first kappa shape index (κ1) is 22.9. The van der Waals surface area contributed by atoms with E-state index in [0.717, 1.165) is 66.7 Å². The third kappa shape index (κ3) is 5.88. The molecule has 0 aromatic heterocycles. The van der Waals surface area contributed by atoms with Gasteiger partial charge in [-0.3, -0.25) is 4.90 Å². The lowest BCUT2D eigenvalue weighted by Gasteiger charge is -2.35. The average Bonchev–Trinajstić information content (AvgIpc) is 2.79. The van der Waals surface area contributed by atoms with Crippen LogP contribution in [0, 0.1) is 0 Å². The number of halogens is 1. The summed E-state index contributed by atoms with van der Waals surface area (Å²) in [5, 5.41) is 3.63. The Bertz CT molecular complexity index is 795. The number of ether oxygens (including phenoxy) is 4. The molecule has 2 aromatic rings. The largest absolute Gasteiger partial charge is 0.497 e. The molecule has 1 unspecified atom stereocenters. The van der Waals surface area contributed by atoms with E-state index < -0.39 is 0 Å². The van der Waals surface area contributed by atoms with Crippen LogP contribution in [0.3, 0.4) is 0 Å². The maximum absolute atomic E-state index is 5.69. The molecular formula is C23H31BrN2O4. The summed E-state index contributed by atoms with van der Waals surface area (Å²) in [6.07, 6.45) is 0. The molecule has 164 valence electrons. The Kier molecular flexibility index (Phi) is 8.81. The number of nitrogens with zero attached hydrogens (tertiary/aromatic N) is 1. The first-order chi connectivity index (χ1) is 14.7. The highest BCUT2D eigenvalue weighted by Gasteiger charge is 2.22. The Morgan fingerprint density at radius 3 is 2.47 bits per heavy atom. The van der Waals surface area contributed by atoms with E-state index in [2.05, 4.69) is 44.3 Å². The molecule has 1 heterocycles. The molecule has 7 heteroatoms. The van der Waals surface area contributed by atoms with Gasteiger partial charge in [0.05, 0.1) is 38.5 Å². The molecule has 1 N–H and O–H groups in total. The topological polar surface area (TPSA) is 52.2 Å². The van der Waals surface area contributed by atoms with Crippen molar-refractivity contribution >= 4 is 15.9 Å². The normalized spacial score (nSPS) is 15.6. The Morgan fingerprint density at radius 2 is 1.83 bits per heavy atom. The van der Waals surface area contributed by atoms with Crippen molar-refractivity contribution in [3.05, 3.63) is 52.0 Å². The van der Waals surface area contributed by atoms with Crippen molar-refractivity contribution in [2.75, 3.05) is 53.7 Å². The SMILES string of the molecule is CCOc1c(Br)cc(CNCC(c2ccc(OC)cc2)N2CCOCC2)cc1OC. The molecule has 30 heavy (non-hydrogen) atoms. The van der Waals surface area contributed by atoms with Crippen LogP contribution in [0.5, 0.6) is 17.2 Å². The van der Waals surface area contributed by atoms with Crippen LogP contribution in [-0.4, -0.2) is 58.6 Å². The van der Waals surface area contributed by atoms with Gasteiger partial charge >= 0.3 is 0 Å². The highest BCUT2D eigenvalue weighted by molar-refractivity contribution is 9.10. The predicted molar refractivity (Wildman–Crippen MR) is 122 cm³/mol. The fourth-order valence-electron chi connectivity index (χ4n) is 3.69. The van der Waals surface area contributed by atoms with Gasteiger partial charge in [-0.25, -0.2) is 0 Å². The first-order valence-electron chi connectivity index (χ1n) is 10.3.